The van der Waals surface area contributed by atoms with Gasteiger partial charge in [0.05, 0.1) is 12.7 Å². The maximum absolute atomic E-state index is 12.4. The minimum absolute atomic E-state index is 0.0564. The molecule has 4 aromatic rings. The Bertz CT molecular complexity index is 1090. The average molecular weight is 388 g/mol. The van der Waals surface area contributed by atoms with Crippen molar-refractivity contribution in [3.8, 4) is 0 Å². The Hall–Kier alpha value is -3.05. The summed E-state index contributed by atoms with van der Waals surface area (Å²) in [5, 5.41) is 3.95. The van der Waals surface area contributed by atoms with Gasteiger partial charge in [-0.15, -0.1) is 11.8 Å². The highest BCUT2D eigenvalue weighted by Crippen LogP contribution is 2.25. The summed E-state index contributed by atoms with van der Waals surface area (Å²) in [7, 11) is 0. The number of benzene rings is 2. The van der Waals surface area contributed by atoms with Crippen LogP contribution < -0.4 is 5.32 Å². The number of carbonyl (C=O) groups is 1. The van der Waals surface area contributed by atoms with E-state index in [0.717, 1.165) is 38.4 Å². The second-order valence-corrected chi connectivity index (χ2v) is 7.71. The predicted molar refractivity (Wildman–Crippen MR) is 114 cm³/mol. The molecule has 0 aliphatic carbocycles. The molecular formula is C23H20N2O2S. The second kappa shape index (κ2) is 8.31. The van der Waals surface area contributed by atoms with E-state index in [9.17, 15) is 4.79 Å². The van der Waals surface area contributed by atoms with E-state index in [-0.39, 0.29) is 12.3 Å². The Morgan fingerprint density at radius 2 is 2.00 bits per heavy atom. The van der Waals surface area contributed by atoms with Crippen molar-refractivity contribution < 1.29 is 9.21 Å². The Morgan fingerprint density at radius 3 is 2.79 bits per heavy atom. The summed E-state index contributed by atoms with van der Waals surface area (Å²) >= 11 is 1.74. The first-order valence-corrected chi connectivity index (χ1v) is 10.0. The molecule has 4 nitrogen and oxygen atoms in total. The van der Waals surface area contributed by atoms with Gasteiger partial charge >= 0.3 is 0 Å². The van der Waals surface area contributed by atoms with Gasteiger partial charge in [-0.05, 0) is 54.4 Å². The zero-order chi connectivity index (χ0) is 19.3. The average Bonchev–Trinajstić information content (AvgIpc) is 3.10. The van der Waals surface area contributed by atoms with Crippen molar-refractivity contribution >= 4 is 34.3 Å². The van der Waals surface area contributed by atoms with E-state index in [1.807, 2.05) is 61.7 Å². The highest BCUT2D eigenvalue weighted by atomic mass is 32.2. The summed E-state index contributed by atoms with van der Waals surface area (Å²) in [6.07, 6.45) is 5.61. The van der Waals surface area contributed by atoms with Crippen LogP contribution in [0, 0.1) is 6.92 Å². The number of aromatic nitrogens is 1. The molecule has 0 saturated carbocycles. The van der Waals surface area contributed by atoms with Gasteiger partial charge in [-0.3, -0.25) is 9.78 Å². The van der Waals surface area contributed by atoms with Crippen LogP contribution in [0.2, 0.25) is 0 Å². The molecule has 0 spiro atoms. The first-order valence-electron chi connectivity index (χ1n) is 9.06. The van der Waals surface area contributed by atoms with Crippen molar-refractivity contribution in [1.29, 1.82) is 0 Å². The van der Waals surface area contributed by atoms with Gasteiger partial charge in [0.25, 0.3) is 0 Å². The molecule has 1 amide bonds. The molecule has 0 aliphatic rings. The molecule has 0 fully saturated rings. The number of carbonyl (C=O) groups excluding carboxylic acids is 1. The van der Waals surface area contributed by atoms with Crippen LogP contribution in [0.25, 0.3) is 11.0 Å². The molecule has 2 heterocycles. The number of furan rings is 1. The van der Waals surface area contributed by atoms with Crippen LogP contribution in [-0.4, -0.2) is 10.9 Å². The lowest BCUT2D eigenvalue weighted by Crippen LogP contribution is -2.14. The normalized spacial score (nSPS) is 10.9. The molecule has 1 N–H and O–H groups in total. The second-order valence-electron chi connectivity index (χ2n) is 6.66. The minimum Gasteiger partial charge on any atom is -0.464 e. The fraction of sp³-hybridized carbons (Fsp3) is 0.130. The lowest BCUT2D eigenvalue weighted by atomic mass is 10.1. The third kappa shape index (κ3) is 4.43. The van der Waals surface area contributed by atoms with E-state index < -0.39 is 0 Å². The fourth-order valence-corrected chi connectivity index (χ4v) is 3.82. The van der Waals surface area contributed by atoms with Crippen molar-refractivity contribution in [3.05, 3.63) is 89.9 Å². The van der Waals surface area contributed by atoms with Gasteiger partial charge < -0.3 is 9.73 Å². The van der Waals surface area contributed by atoms with E-state index in [2.05, 4.69) is 16.4 Å². The summed E-state index contributed by atoms with van der Waals surface area (Å²) in [6.45, 7) is 2.02. The molecule has 4 rings (SSSR count). The van der Waals surface area contributed by atoms with Crippen LogP contribution in [-0.2, 0) is 17.0 Å². The molecule has 0 unspecified atom stereocenters. The number of nitrogens with one attached hydrogen (secondary N) is 1. The van der Waals surface area contributed by atoms with Gasteiger partial charge in [0, 0.05) is 39.7 Å². The molecule has 0 bridgehead atoms. The maximum atomic E-state index is 12.4. The summed E-state index contributed by atoms with van der Waals surface area (Å²) in [4.78, 5) is 17.7. The first-order chi connectivity index (χ1) is 13.7. The van der Waals surface area contributed by atoms with Crippen molar-refractivity contribution in [2.75, 3.05) is 5.32 Å². The van der Waals surface area contributed by atoms with Crippen LogP contribution in [0.5, 0.6) is 0 Å². The van der Waals surface area contributed by atoms with Gasteiger partial charge in [0.2, 0.25) is 5.91 Å². The van der Waals surface area contributed by atoms with Crippen LogP contribution in [0.1, 0.15) is 16.7 Å². The number of hydrogen-bond acceptors (Lipinski definition) is 4. The van der Waals surface area contributed by atoms with E-state index >= 15 is 0 Å². The Morgan fingerprint density at radius 1 is 1.14 bits per heavy atom. The number of aryl methyl sites for hydroxylation is 1. The number of rotatable bonds is 6. The smallest absolute Gasteiger partial charge is 0.228 e. The van der Waals surface area contributed by atoms with Gasteiger partial charge in [-0.2, -0.15) is 0 Å². The molecule has 0 aliphatic heterocycles. The summed E-state index contributed by atoms with van der Waals surface area (Å²) in [5.74, 6) is 0.811. The quantitative estimate of drug-likeness (QED) is 0.436. The molecule has 0 saturated heterocycles. The molecule has 2 aromatic heterocycles. The van der Waals surface area contributed by atoms with Gasteiger partial charge in [-0.1, -0.05) is 18.2 Å². The molecule has 140 valence electrons. The fourth-order valence-electron chi connectivity index (χ4n) is 2.99. The van der Waals surface area contributed by atoms with Crippen molar-refractivity contribution in [2.45, 2.75) is 24.0 Å². The topological polar surface area (TPSA) is 55.1 Å². The predicted octanol–water partition coefficient (Wildman–Crippen LogP) is 5.61. The number of thioether (sulfide) groups is 1. The summed E-state index contributed by atoms with van der Waals surface area (Å²) < 4.78 is 5.57. The standard InChI is InChI=1S/C23H20N2O2S/c1-16-4-9-21-18(14-27-22(21)11-16)12-23(26)25-19-5-7-20(8-6-19)28-15-17-3-2-10-24-13-17/h2-11,13-14H,12,15H2,1H3,(H,25,26). The van der Waals surface area contributed by atoms with E-state index in [1.165, 1.54) is 5.56 Å². The van der Waals surface area contributed by atoms with Crippen LogP contribution >= 0.6 is 11.8 Å². The number of hydrogen-bond donors (Lipinski definition) is 1. The molecule has 0 radical (unpaired) electrons. The molecule has 5 heteroatoms. The van der Waals surface area contributed by atoms with Gasteiger partial charge in [-0.25, -0.2) is 0 Å². The number of anilines is 1. The number of amides is 1. The van der Waals surface area contributed by atoms with Gasteiger partial charge in [0.1, 0.15) is 5.58 Å². The third-order valence-corrected chi connectivity index (χ3v) is 5.51. The van der Waals surface area contributed by atoms with Crippen LogP contribution in [0.4, 0.5) is 5.69 Å². The summed E-state index contributed by atoms with van der Waals surface area (Å²) in [6, 6.07) is 17.9. The zero-order valence-electron chi connectivity index (χ0n) is 15.5. The van der Waals surface area contributed by atoms with E-state index in [1.54, 1.807) is 24.2 Å². The summed E-state index contributed by atoms with van der Waals surface area (Å²) in [5.41, 5.74) is 4.83. The van der Waals surface area contributed by atoms with Crippen molar-refractivity contribution in [2.24, 2.45) is 0 Å². The lowest BCUT2D eigenvalue weighted by molar-refractivity contribution is -0.115. The van der Waals surface area contributed by atoms with Crippen LogP contribution in [0.15, 0.2) is 82.6 Å². The Labute approximate surface area is 168 Å². The first kappa shape index (κ1) is 18.3. The molecular weight excluding hydrogens is 368 g/mol. The zero-order valence-corrected chi connectivity index (χ0v) is 16.3. The molecule has 2 aromatic carbocycles. The number of fused-ring (bicyclic) bond motifs is 1. The van der Waals surface area contributed by atoms with Crippen LogP contribution in [0.3, 0.4) is 0 Å². The lowest BCUT2D eigenvalue weighted by Gasteiger charge is -2.06. The van der Waals surface area contributed by atoms with Crippen molar-refractivity contribution in [1.82, 2.24) is 4.98 Å². The van der Waals surface area contributed by atoms with E-state index in [0.29, 0.717) is 0 Å². The number of pyridine rings is 1. The highest BCUT2D eigenvalue weighted by molar-refractivity contribution is 7.98. The Kier molecular flexibility index (Phi) is 5.44. The number of nitrogens with zero attached hydrogens (tertiary/aromatic N) is 1. The Balaban J connectivity index is 1.35. The maximum Gasteiger partial charge on any atom is 0.228 e. The minimum atomic E-state index is -0.0564. The molecule has 0 atom stereocenters. The SMILES string of the molecule is Cc1ccc2c(CC(=O)Nc3ccc(SCc4cccnc4)cc3)coc2c1. The highest BCUT2D eigenvalue weighted by Gasteiger charge is 2.11. The largest absolute Gasteiger partial charge is 0.464 e. The van der Waals surface area contributed by atoms with Gasteiger partial charge in [0.15, 0.2) is 0 Å². The third-order valence-electron chi connectivity index (χ3n) is 4.43. The van der Waals surface area contributed by atoms with Crippen molar-refractivity contribution in [3.63, 3.8) is 0 Å². The molecule has 28 heavy (non-hydrogen) atoms. The van der Waals surface area contributed by atoms with E-state index in [4.69, 9.17) is 4.42 Å². The monoisotopic (exact) mass is 388 g/mol.